The highest BCUT2D eigenvalue weighted by molar-refractivity contribution is 5.59. The van der Waals surface area contributed by atoms with E-state index in [2.05, 4.69) is 47.3 Å². The Balaban J connectivity index is 1.16. The van der Waals surface area contributed by atoms with Crippen molar-refractivity contribution in [3.8, 4) is 11.3 Å². The molecule has 0 spiro atoms. The fourth-order valence-corrected chi connectivity index (χ4v) is 3.93. The standard InChI is InChI=1S/C21H24N8/c1-28-9-6-19-17(13-28)21(25-14-24-19)23-10-15-11-29(12-15)20-3-2-18(26-27-20)16-4-7-22-8-5-16/h2-5,7-8,14-15H,6,9-13H2,1H3,(H,23,24,25). The Labute approximate surface area is 170 Å². The maximum Gasteiger partial charge on any atom is 0.151 e. The van der Waals surface area contributed by atoms with Crippen molar-refractivity contribution in [3.05, 3.63) is 54.2 Å². The molecule has 8 heteroatoms. The van der Waals surface area contributed by atoms with Crippen molar-refractivity contribution in [2.24, 2.45) is 5.92 Å². The fourth-order valence-electron chi connectivity index (χ4n) is 3.93. The van der Waals surface area contributed by atoms with Crippen LogP contribution in [0.5, 0.6) is 0 Å². The van der Waals surface area contributed by atoms with Crippen molar-refractivity contribution in [3.63, 3.8) is 0 Å². The second-order valence-electron chi connectivity index (χ2n) is 7.80. The first-order valence-electron chi connectivity index (χ1n) is 10.0. The number of likely N-dealkylation sites (N-methyl/N-ethyl adjacent to an activating group) is 1. The third kappa shape index (κ3) is 3.75. The number of fused-ring (bicyclic) bond motifs is 1. The van der Waals surface area contributed by atoms with Crippen molar-refractivity contribution in [2.75, 3.05) is 43.4 Å². The number of aromatic nitrogens is 5. The molecule has 0 radical (unpaired) electrons. The Bertz CT molecular complexity index is 970. The predicted molar refractivity (Wildman–Crippen MR) is 112 cm³/mol. The summed E-state index contributed by atoms with van der Waals surface area (Å²) in [5, 5.41) is 12.3. The molecule has 8 nitrogen and oxygen atoms in total. The van der Waals surface area contributed by atoms with Crippen LogP contribution in [0, 0.1) is 5.92 Å². The number of nitrogens with one attached hydrogen (secondary N) is 1. The smallest absolute Gasteiger partial charge is 0.151 e. The Morgan fingerprint density at radius 1 is 1.07 bits per heavy atom. The van der Waals surface area contributed by atoms with Gasteiger partial charge in [-0.2, -0.15) is 0 Å². The lowest BCUT2D eigenvalue weighted by atomic mass is 10.00. The van der Waals surface area contributed by atoms with E-state index in [4.69, 9.17) is 0 Å². The molecule has 0 amide bonds. The van der Waals surface area contributed by atoms with Crippen LogP contribution in [-0.4, -0.2) is 63.3 Å². The Hall–Kier alpha value is -3.13. The minimum atomic E-state index is 0.573. The number of pyridine rings is 1. The van der Waals surface area contributed by atoms with Crippen molar-refractivity contribution in [2.45, 2.75) is 13.0 Å². The highest BCUT2D eigenvalue weighted by Gasteiger charge is 2.28. The van der Waals surface area contributed by atoms with E-state index in [-0.39, 0.29) is 0 Å². The van der Waals surface area contributed by atoms with E-state index in [0.717, 1.165) is 62.0 Å². The normalized spacial score (nSPS) is 16.9. The Morgan fingerprint density at radius 2 is 1.93 bits per heavy atom. The second kappa shape index (κ2) is 7.71. The third-order valence-electron chi connectivity index (χ3n) is 5.66. The molecule has 0 atom stereocenters. The van der Waals surface area contributed by atoms with Crippen LogP contribution in [0.3, 0.4) is 0 Å². The van der Waals surface area contributed by atoms with E-state index >= 15 is 0 Å². The molecule has 0 bridgehead atoms. The van der Waals surface area contributed by atoms with Crippen LogP contribution in [0.4, 0.5) is 11.6 Å². The minimum absolute atomic E-state index is 0.573. The van der Waals surface area contributed by atoms with E-state index in [1.165, 1.54) is 11.3 Å². The van der Waals surface area contributed by atoms with Crippen molar-refractivity contribution >= 4 is 11.6 Å². The van der Waals surface area contributed by atoms with Gasteiger partial charge in [-0.25, -0.2) is 9.97 Å². The van der Waals surface area contributed by atoms with Crippen molar-refractivity contribution < 1.29 is 0 Å². The molecule has 0 aromatic carbocycles. The minimum Gasteiger partial charge on any atom is -0.369 e. The highest BCUT2D eigenvalue weighted by Crippen LogP contribution is 2.26. The number of rotatable bonds is 5. The molecule has 5 heterocycles. The van der Waals surface area contributed by atoms with E-state index in [1.807, 2.05) is 24.3 Å². The molecule has 0 aliphatic carbocycles. The van der Waals surface area contributed by atoms with Gasteiger partial charge < -0.3 is 15.1 Å². The van der Waals surface area contributed by atoms with Crippen LogP contribution in [0.2, 0.25) is 0 Å². The molecular weight excluding hydrogens is 364 g/mol. The third-order valence-corrected chi connectivity index (χ3v) is 5.66. The van der Waals surface area contributed by atoms with E-state index in [1.54, 1.807) is 18.7 Å². The zero-order valence-corrected chi connectivity index (χ0v) is 16.5. The molecule has 29 heavy (non-hydrogen) atoms. The summed E-state index contributed by atoms with van der Waals surface area (Å²) in [4.78, 5) is 17.6. The molecule has 148 valence electrons. The van der Waals surface area contributed by atoms with E-state index < -0.39 is 0 Å². The Kier molecular flexibility index (Phi) is 4.77. The van der Waals surface area contributed by atoms with Gasteiger partial charge in [0.1, 0.15) is 12.1 Å². The molecule has 3 aromatic heterocycles. The first kappa shape index (κ1) is 17.9. The molecule has 0 unspecified atom stereocenters. The van der Waals surface area contributed by atoms with E-state index in [0.29, 0.717) is 5.92 Å². The lowest BCUT2D eigenvalue weighted by molar-refractivity contribution is 0.309. The molecule has 2 aliphatic rings. The van der Waals surface area contributed by atoms with E-state index in [9.17, 15) is 0 Å². The van der Waals surface area contributed by atoms with Crippen molar-refractivity contribution in [1.82, 2.24) is 30.0 Å². The number of hydrogen-bond acceptors (Lipinski definition) is 8. The molecule has 1 fully saturated rings. The van der Waals surface area contributed by atoms with Crippen LogP contribution in [-0.2, 0) is 13.0 Å². The van der Waals surface area contributed by atoms with Gasteiger partial charge in [0.2, 0.25) is 0 Å². The first-order valence-corrected chi connectivity index (χ1v) is 10.0. The number of nitrogens with zero attached hydrogens (tertiary/aromatic N) is 7. The van der Waals surface area contributed by atoms with Gasteiger partial charge in [-0.3, -0.25) is 4.98 Å². The molecular formula is C21H24N8. The van der Waals surface area contributed by atoms with Gasteiger partial charge in [0.15, 0.2) is 5.82 Å². The lowest BCUT2D eigenvalue weighted by Gasteiger charge is -2.40. The summed E-state index contributed by atoms with van der Waals surface area (Å²) < 4.78 is 0. The predicted octanol–water partition coefficient (Wildman–Crippen LogP) is 1.86. The van der Waals surface area contributed by atoms with Gasteiger partial charge in [-0.1, -0.05) is 0 Å². The summed E-state index contributed by atoms with van der Waals surface area (Å²) >= 11 is 0. The number of hydrogen-bond donors (Lipinski definition) is 1. The maximum atomic E-state index is 4.48. The average molecular weight is 388 g/mol. The first-order chi connectivity index (χ1) is 14.3. The molecule has 2 aliphatic heterocycles. The summed E-state index contributed by atoms with van der Waals surface area (Å²) in [7, 11) is 2.14. The summed E-state index contributed by atoms with van der Waals surface area (Å²) in [5.41, 5.74) is 4.33. The summed E-state index contributed by atoms with van der Waals surface area (Å²) in [6, 6.07) is 7.95. The van der Waals surface area contributed by atoms with Gasteiger partial charge in [0, 0.05) is 68.6 Å². The van der Waals surface area contributed by atoms with Crippen molar-refractivity contribution in [1.29, 1.82) is 0 Å². The topological polar surface area (TPSA) is 83.0 Å². The lowest BCUT2D eigenvalue weighted by Crippen LogP contribution is -2.50. The largest absolute Gasteiger partial charge is 0.369 e. The second-order valence-corrected chi connectivity index (χ2v) is 7.80. The number of anilines is 2. The average Bonchev–Trinajstić information content (AvgIpc) is 2.74. The summed E-state index contributed by atoms with van der Waals surface area (Å²) in [6.07, 6.45) is 6.21. The van der Waals surface area contributed by atoms with Crippen LogP contribution in [0.25, 0.3) is 11.3 Å². The highest BCUT2D eigenvalue weighted by atomic mass is 15.3. The van der Waals surface area contributed by atoms with Gasteiger partial charge in [0.25, 0.3) is 0 Å². The zero-order chi connectivity index (χ0) is 19.6. The monoisotopic (exact) mass is 388 g/mol. The Morgan fingerprint density at radius 3 is 2.72 bits per heavy atom. The van der Waals surface area contributed by atoms with Crippen LogP contribution >= 0.6 is 0 Å². The van der Waals surface area contributed by atoms with Gasteiger partial charge in [-0.15, -0.1) is 10.2 Å². The molecule has 1 N–H and O–H groups in total. The van der Waals surface area contributed by atoms with Crippen LogP contribution < -0.4 is 10.2 Å². The summed E-state index contributed by atoms with van der Waals surface area (Å²) in [6.45, 7) is 4.83. The molecule has 5 rings (SSSR count). The SMILES string of the molecule is CN1CCc2ncnc(NCC3CN(c4ccc(-c5ccncc5)nn4)C3)c2C1. The zero-order valence-electron chi connectivity index (χ0n) is 16.5. The maximum absolute atomic E-state index is 4.48. The summed E-state index contributed by atoms with van der Waals surface area (Å²) in [5.74, 6) is 2.49. The molecule has 3 aromatic rings. The van der Waals surface area contributed by atoms with Crippen LogP contribution in [0.1, 0.15) is 11.3 Å². The van der Waals surface area contributed by atoms with Gasteiger partial charge >= 0.3 is 0 Å². The quantitative estimate of drug-likeness (QED) is 0.709. The van der Waals surface area contributed by atoms with Crippen LogP contribution in [0.15, 0.2) is 43.0 Å². The van der Waals surface area contributed by atoms with Gasteiger partial charge in [-0.05, 0) is 31.3 Å². The fraction of sp³-hybridized carbons (Fsp3) is 0.381. The molecule has 1 saturated heterocycles. The molecule has 0 saturated carbocycles. The van der Waals surface area contributed by atoms with Gasteiger partial charge in [0.05, 0.1) is 11.4 Å².